The van der Waals surface area contributed by atoms with E-state index in [4.69, 9.17) is 0 Å². The highest BCUT2D eigenvalue weighted by Gasteiger charge is 2.16. The number of Topliss-reactive ketones (excluding diaryl/α,β-unsaturated/α-hetero) is 1. The van der Waals surface area contributed by atoms with Crippen LogP contribution in [0.4, 0.5) is 10.1 Å². The second kappa shape index (κ2) is 8.76. The minimum absolute atomic E-state index is 0.0536. The Kier molecular flexibility index (Phi) is 6.16. The second-order valence-electron chi connectivity index (χ2n) is 6.10. The summed E-state index contributed by atoms with van der Waals surface area (Å²) in [4.78, 5) is 24.1. The lowest BCUT2D eigenvalue weighted by molar-refractivity contribution is 0.0994. The summed E-state index contributed by atoms with van der Waals surface area (Å²) in [5, 5.41) is 2.56. The predicted octanol–water partition coefficient (Wildman–Crippen LogP) is 3.24. The molecule has 0 saturated carbocycles. The van der Waals surface area contributed by atoms with Crippen molar-refractivity contribution < 1.29 is 22.4 Å². The van der Waals surface area contributed by atoms with Crippen molar-refractivity contribution in [3.05, 3.63) is 95.8 Å². The maximum absolute atomic E-state index is 13.2. The van der Waals surface area contributed by atoms with Crippen molar-refractivity contribution in [3.63, 3.8) is 0 Å². The Balaban J connectivity index is 1.64. The first kappa shape index (κ1) is 20.4. The highest BCUT2D eigenvalue weighted by molar-refractivity contribution is 7.89. The smallest absolute Gasteiger partial charge is 0.255 e. The number of benzene rings is 3. The van der Waals surface area contributed by atoms with Gasteiger partial charge in [-0.1, -0.05) is 36.4 Å². The number of halogens is 1. The first-order valence-electron chi connectivity index (χ1n) is 8.60. The third-order valence-corrected chi connectivity index (χ3v) is 5.44. The Labute approximate surface area is 167 Å². The summed E-state index contributed by atoms with van der Waals surface area (Å²) < 4.78 is 40.2. The van der Waals surface area contributed by atoms with Gasteiger partial charge in [0.2, 0.25) is 10.0 Å². The molecule has 0 aliphatic heterocycles. The van der Waals surface area contributed by atoms with Gasteiger partial charge in [0.1, 0.15) is 5.82 Å². The molecule has 3 aromatic rings. The van der Waals surface area contributed by atoms with E-state index in [9.17, 15) is 22.4 Å². The first-order valence-corrected chi connectivity index (χ1v) is 10.1. The number of rotatable bonds is 7. The largest absolute Gasteiger partial charge is 0.322 e. The van der Waals surface area contributed by atoms with Crippen LogP contribution in [0.2, 0.25) is 0 Å². The predicted molar refractivity (Wildman–Crippen MR) is 107 cm³/mol. The maximum atomic E-state index is 13.2. The van der Waals surface area contributed by atoms with E-state index in [-0.39, 0.29) is 22.8 Å². The standard InChI is InChI=1S/C21H17FN2O4S/c22-17-8-4-7-16(13-17)21(26)24-18-9-11-19(12-10-18)29(27,28)23-14-20(25)15-5-2-1-3-6-15/h1-13,23H,14H2,(H,24,26). The van der Waals surface area contributed by atoms with Gasteiger partial charge in [0, 0.05) is 16.8 Å². The molecular formula is C21H17FN2O4S. The van der Waals surface area contributed by atoms with Crippen molar-refractivity contribution in [2.45, 2.75) is 4.90 Å². The van der Waals surface area contributed by atoms with E-state index in [0.29, 0.717) is 11.3 Å². The van der Waals surface area contributed by atoms with Gasteiger partial charge >= 0.3 is 0 Å². The molecule has 6 nitrogen and oxygen atoms in total. The molecule has 3 rings (SSSR count). The second-order valence-corrected chi connectivity index (χ2v) is 7.87. The topological polar surface area (TPSA) is 92.3 Å². The van der Waals surface area contributed by atoms with Crippen LogP contribution in [0, 0.1) is 5.82 Å². The van der Waals surface area contributed by atoms with Crippen molar-refractivity contribution in [1.29, 1.82) is 0 Å². The van der Waals surface area contributed by atoms with Crippen LogP contribution >= 0.6 is 0 Å². The van der Waals surface area contributed by atoms with E-state index in [2.05, 4.69) is 10.0 Å². The third kappa shape index (κ3) is 5.34. The molecule has 0 heterocycles. The van der Waals surface area contributed by atoms with Gasteiger partial charge in [0.25, 0.3) is 5.91 Å². The van der Waals surface area contributed by atoms with Crippen molar-refractivity contribution in [2.24, 2.45) is 0 Å². The summed E-state index contributed by atoms with van der Waals surface area (Å²) in [5.74, 6) is -1.41. The number of sulfonamides is 1. The number of hydrogen-bond acceptors (Lipinski definition) is 4. The summed E-state index contributed by atoms with van der Waals surface area (Å²) in [5.41, 5.74) is 0.895. The summed E-state index contributed by atoms with van der Waals surface area (Å²) in [6, 6.07) is 19.0. The normalized spacial score (nSPS) is 11.1. The van der Waals surface area contributed by atoms with E-state index in [1.807, 2.05) is 0 Å². The molecule has 0 saturated heterocycles. The molecule has 148 valence electrons. The van der Waals surface area contributed by atoms with E-state index in [1.54, 1.807) is 30.3 Å². The van der Waals surface area contributed by atoms with Crippen LogP contribution in [0.1, 0.15) is 20.7 Å². The Hall–Kier alpha value is -3.36. The summed E-state index contributed by atoms with van der Waals surface area (Å²) in [6.07, 6.45) is 0. The number of carbonyl (C=O) groups is 2. The SMILES string of the molecule is O=C(CNS(=O)(=O)c1ccc(NC(=O)c2cccc(F)c2)cc1)c1ccccc1. The Morgan fingerprint density at radius 2 is 1.48 bits per heavy atom. The summed E-state index contributed by atoms with van der Waals surface area (Å²) in [7, 11) is -3.90. The summed E-state index contributed by atoms with van der Waals surface area (Å²) in [6.45, 7) is -0.371. The zero-order valence-electron chi connectivity index (χ0n) is 15.1. The van der Waals surface area contributed by atoms with Crippen molar-refractivity contribution in [3.8, 4) is 0 Å². The number of amides is 1. The average Bonchev–Trinajstić information content (AvgIpc) is 2.73. The Morgan fingerprint density at radius 3 is 2.14 bits per heavy atom. The lowest BCUT2D eigenvalue weighted by atomic mass is 10.1. The molecule has 0 bridgehead atoms. The van der Waals surface area contributed by atoms with Gasteiger partial charge in [-0.3, -0.25) is 9.59 Å². The lowest BCUT2D eigenvalue weighted by Gasteiger charge is -2.09. The number of ketones is 1. The van der Waals surface area contributed by atoms with Crippen LogP contribution < -0.4 is 10.0 Å². The van der Waals surface area contributed by atoms with Crippen LogP contribution in [-0.4, -0.2) is 26.7 Å². The molecule has 0 fully saturated rings. The van der Waals surface area contributed by atoms with Crippen molar-refractivity contribution in [1.82, 2.24) is 4.72 Å². The lowest BCUT2D eigenvalue weighted by Crippen LogP contribution is -2.29. The highest BCUT2D eigenvalue weighted by Crippen LogP contribution is 2.15. The number of carbonyl (C=O) groups excluding carboxylic acids is 2. The molecule has 0 aliphatic rings. The van der Waals surface area contributed by atoms with E-state index in [0.717, 1.165) is 6.07 Å². The molecule has 1 amide bonds. The Morgan fingerprint density at radius 1 is 0.828 bits per heavy atom. The van der Waals surface area contributed by atoms with Gasteiger partial charge in [0.15, 0.2) is 5.78 Å². The third-order valence-electron chi connectivity index (χ3n) is 4.03. The molecule has 0 unspecified atom stereocenters. The van der Waals surface area contributed by atoms with Gasteiger partial charge in [-0.05, 0) is 42.5 Å². The van der Waals surface area contributed by atoms with Crippen LogP contribution in [0.25, 0.3) is 0 Å². The molecule has 29 heavy (non-hydrogen) atoms. The van der Waals surface area contributed by atoms with E-state index < -0.39 is 21.7 Å². The molecule has 0 aliphatic carbocycles. The fourth-order valence-corrected chi connectivity index (χ4v) is 3.50. The molecule has 0 radical (unpaired) electrons. The molecule has 0 atom stereocenters. The van der Waals surface area contributed by atoms with E-state index in [1.165, 1.54) is 42.5 Å². The van der Waals surface area contributed by atoms with Crippen LogP contribution in [-0.2, 0) is 10.0 Å². The monoisotopic (exact) mass is 412 g/mol. The maximum Gasteiger partial charge on any atom is 0.255 e. The fraction of sp³-hybridized carbons (Fsp3) is 0.0476. The van der Waals surface area contributed by atoms with Crippen LogP contribution in [0.5, 0.6) is 0 Å². The molecule has 3 aromatic carbocycles. The Bertz CT molecular complexity index is 1130. The molecule has 2 N–H and O–H groups in total. The van der Waals surface area contributed by atoms with Crippen molar-refractivity contribution >= 4 is 27.4 Å². The zero-order chi connectivity index (χ0) is 20.9. The van der Waals surface area contributed by atoms with Gasteiger partial charge < -0.3 is 5.32 Å². The number of anilines is 1. The molecule has 8 heteroatoms. The van der Waals surface area contributed by atoms with Crippen LogP contribution in [0.15, 0.2) is 83.8 Å². The average molecular weight is 412 g/mol. The van der Waals surface area contributed by atoms with Gasteiger partial charge in [0.05, 0.1) is 11.4 Å². The molecular weight excluding hydrogens is 395 g/mol. The fourth-order valence-electron chi connectivity index (χ4n) is 2.52. The van der Waals surface area contributed by atoms with Crippen LogP contribution in [0.3, 0.4) is 0 Å². The number of hydrogen-bond donors (Lipinski definition) is 2. The quantitative estimate of drug-likeness (QED) is 0.583. The van der Waals surface area contributed by atoms with Gasteiger partial charge in [-0.25, -0.2) is 17.5 Å². The number of nitrogens with one attached hydrogen (secondary N) is 2. The minimum Gasteiger partial charge on any atom is -0.322 e. The first-order chi connectivity index (χ1) is 13.8. The molecule has 0 spiro atoms. The van der Waals surface area contributed by atoms with Gasteiger partial charge in [-0.15, -0.1) is 0 Å². The zero-order valence-corrected chi connectivity index (χ0v) is 15.9. The summed E-state index contributed by atoms with van der Waals surface area (Å²) >= 11 is 0. The highest BCUT2D eigenvalue weighted by atomic mass is 32.2. The van der Waals surface area contributed by atoms with E-state index >= 15 is 0 Å². The van der Waals surface area contributed by atoms with Crippen molar-refractivity contribution in [2.75, 3.05) is 11.9 Å². The minimum atomic E-state index is -3.90. The van der Waals surface area contributed by atoms with Gasteiger partial charge in [-0.2, -0.15) is 0 Å². The molecule has 0 aromatic heterocycles.